The first-order valence-corrected chi connectivity index (χ1v) is 11.6. The van der Waals surface area contributed by atoms with E-state index in [2.05, 4.69) is 25.9 Å². The third-order valence-corrected chi connectivity index (χ3v) is 4.96. The number of carboxylic acids is 2. The third-order valence-electron chi connectivity index (χ3n) is 4.96. The summed E-state index contributed by atoms with van der Waals surface area (Å²) in [5.41, 5.74) is 26.8. The number of carbonyl (C=O) groups excluding carboxylic acids is 3. The van der Waals surface area contributed by atoms with Crippen molar-refractivity contribution in [2.45, 2.75) is 62.7 Å². The molecule has 0 aliphatic carbocycles. The molecule has 18 nitrogen and oxygen atoms in total. The molecule has 16 N–H and O–H groups in total. The van der Waals surface area contributed by atoms with E-state index in [1.807, 2.05) is 0 Å². The molecule has 0 aliphatic heterocycles. The molecule has 0 heterocycles. The van der Waals surface area contributed by atoms with E-state index in [-0.39, 0.29) is 50.7 Å². The molecule has 0 aromatic heterocycles. The molecule has 0 saturated carbocycles. The average Bonchev–Trinajstić information content (AvgIpc) is 2.83. The SMILES string of the molecule is NC(N)=NCCCC(N)C(=O)NC(CCC(=O)O)C(=O)NC(CCCN=C(N)N)C(=O)NC(CO)C(=O)O. The first-order valence-electron chi connectivity index (χ1n) is 11.6. The fraction of sp³-hybridized carbons (Fsp3) is 0.650. The Balaban J connectivity index is 5.53. The molecule has 0 spiro atoms. The summed E-state index contributed by atoms with van der Waals surface area (Å²) in [6.07, 6.45) is -0.194. The highest BCUT2D eigenvalue weighted by molar-refractivity contribution is 5.94. The van der Waals surface area contributed by atoms with Crippen molar-refractivity contribution in [1.29, 1.82) is 0 Å². The van der Waals surface area contributed by atoms with E-state index in [4.69, 9.17) is 38.9 Å². The number of carboxylic acid groups (broad SMARTS) is 2. The number of hydrogen-bond donors (Lipinski definition) is 11. The first kappa shape index (κ1) is 33.8. The number of rotatable bonds is 19. The van der Waals surface area contributed by atoms with Crippen LogP contribution in [0.2, 0.25) is 0 Å². The quantitative estimate of drug-likeness (QED) is 0.0410. The van der Waals surface area contributed by atoms with Crippen molar-refractivity contribution in [2.75, 3.05) is 19.7 Å². The number of carbonyl (C=O) groups is 5. The Labute approximate surface area is 218 Å². The minimum Gasteiger partial charge on any atom is -0.481 e. The van der Waals surface area contributed by atoms with Crippen LogP contribution < -0.4 is 44.6 Å². The van der Waals surface area contributed by atoms with Crippen LogP contribution in [0.25, 0.3) is 0 Å². The average molecular weight is 547 g/mol. The highest BCUT2D eigenvalue weighted by Crippen LogP contribution is 2.05. The van der Waals surface area contributed by atoms with E-state index in [0.29, 0.717) is 6.42 Å². The maximum absolute atomic E-state index is 13.0. The standard InChI is InChI=1S/C20H38N10O8/c21-10(3-1-7-26-19(22)23)15(34)28-12(5-6-14(32)33)17(36)29-11(4-2-8-27-20(24)25)16(35)30-13(9-31)18(37)38/h10-13,31H,1-9,21H2,(H,28,34)(H,29,36)(H,30,35)(H,32,33)(H,37,38)(H4,22,23,26)(H4,24,25,27). The number of aliphatic carboxylic acids is 2. The topological polar surface area (TPSA) is 337 Å². The summed E-state index contributed by atoms with van der Waals surface area (Å²) >= 11 is 0. The number of aliphatic hydroxyl groups excluding tert-OH is 1. The van der Waals surface area contributed by atoms with Crippen LogP contribution in [0.3, 0.4) is 0 Å². The van der Waals surface area contributed by atoms with Gasteiger partial charge in [0.2, 0.25) is 17.7 Å². The van der Waals surface area contributed by atoms with Crippen molar-refractivity contribution in [3.05, 3.63) is 0 Å². The molecular weight excluding hydrogens is 508 g/mol. The Morgan fingerprint density at radius 3 is 1.58 bits per heavy atom. The zero-order valence-corrected chi connectivity index (χ0v) is 20.8. The van der Waals surface area contributed by atoms with Gasteiger partial charge in [-0.2, -0.15) is 0 Å². The van der Waals surface area contributed by atoms with Gasteiger partial charge in [0.25, 0.3) is 0 Å². The Kier molecular flexibility index (Phi) is 16.1. The van der Waals surface area contributed by atoms with Crippen LogP contribution in [-0.2, 0) is 24.0 Å². The molecule has 216 valence electrons. The van der Waals surface area contributed by atoms with Crippen LogP contribution >= 0.6 is 0 Å². The van der Waals surface area contributed by atoms with Crippen LogP contribution in [-0.4, -0.2) is 101 Å². The second-order valence-electron chi connectivity index (χ2n) is 8.14. The summed E-state index contributed by atoms with van der Waals surface area (Å²) in [4.78, 5) is 68.0. The fourth-order valence-electron chi connectivity index (χ4n) is 2.97. The van der Waals surface area contributed by atoms with Gasteiger partial charge in [0, 0.05) is 19.5 Å². The summed E-state index contributed by atoms with van der Waals surface area (Å²) in [7, 11) is 0. The fourth-order valence-corrected chi connectivity index (χ4v) is 2.97. The van der Waals surface area contributed by atoms with Gasteiger partial charge in [0.15, 0.2) is 11.9 Å². The van der Waals surface area contributed by atoms with Gasteiger partial charge in [-0.1, -0.05) is 0 Å². The van der Waals surface area contributed by atoms with Crippen molar-refractivity contribution in [3.63, 3.8) is 0 Å². The summed E-state index contributed by atoms with van der Waals surface area (Å²) < 4.78 is 0. The molecule has 4 atom stereocenters. The van der Waals surface area contributed by atoms with Crippen LogP contribution in [0.15, 0.2) is 9.98 Å². The summed E-state index contributed by atoms with van der Waals surface area (Å²) in [5, 5.41) is 34.1. The van der Waals surface area contributed by atoms with Crippen molar-refractivity contribution < 1.29 is 39.3 Å². The molecule has 3 amide bonds. The lowest BCUT2D eigenvalue weighted by Gasteiger charge is -2.24. The number of aliphatic imine (C=N–C) groups is 2. The molecule has 38 heavy (non-hydrogen) atoms. The number of aliphatic hydroxyl groups is 1. The zero-order valence-electron chi connectivity index (χ0n) is 20.8. The van der Waals surface area contributed by atoms with Crippen molar-refractivity contribution in [2.24, 2.45) is 38.7 Å². The van der Waals surface area contributed by atoms with Crippen molar-refractivity contribution in [1.82, 2.24) is 16.0 Å². The van der Waals surface area contributed by atoms with Gasteiger partial charge >= 0.3 is 11.9 Å². The Bertz CT molecular complexity index is 874. The lowest BCUT2D eigenvalue weighted by molar-refractivity contribution is -0.143. The van der Waals surface area contributed by atoms with Gasteiger partial charge in [-0.15, -0.1) is 0 Å². The molecule has 0 fully saturated rings. The molecule has 0 aromatic carbocycles. The van der Waals surface area contributed by atoms with E-state index < -0.39 is 66.9 Å². The molecule has 0 saturated heterocycles. The molecule has 0 radical (unpaired) electrons. The van der Waals surface area contributed by atoms with E-state index in [0.717, 1.165) is 0 Å². The van der Waals surface area contributed by atoms with Gasteiger partial charge in [-0.3, -0.25) is 29.2 Å². The highest BCUT2D eigenvalue weighted by atomic mass is 16.4. The Morgan fingerprint density at radius 2 is 1.13 bits per heavy atom. The number of hydrogen-bond acceptors (Lipinski definition) is 9. The van der Waals surface area contributed by atoms with Gasteiger partial charge in [0.05, 0.1) is 12.6 Å². The molecule has 0 rings (SSSR count). The Morgan fingerprint density at radius 1 is 0.684 bits per heavy atom. The number of nitrogens with one attached hydrogen (secondary N) is 3. The van der Waals surface area contributed by atoms with Crippen LogP contribution in [0.5, 0.6) is 0 Å². The normalized spacial score (nSPS) is 13.6. The zero-order chi connectivity index (χ0) is 29.3. The maximum Gasteiger partial charge on any atom is 0.328 e. The van der Waals surface area contributed by atoms with Crippen molar-refractivity contribution >= 4 is 41.6 Å². The molecule has 18 heteroatoms. The second-order valence-corrected chi connectivity index (χ2v) is 8.14. The van der Waals surface area contributed by atoms with Gasteiger partial charge < -0.3 is 59.9 Å². The van der Waals surface area contributed by atoms with Gasteiger partial charge in [0.1, 0.15) is 18.1 Å². The summed E-state index contributed by atoms with van der Waals surface area (Å²) in [5.74, 6) is -5.68. The number of nitrogens with two attached hydrogens (primary N) is 5. The molecule has 4 unspecified atom stereocenters. The lowest BCUT2D eigenvalue weighted by Crippen LogP contribution is -2.57. The monoisotopic (exact) mass is 546 g/mol. The molecule has 0 bridgehead atoms. The predicted molar refractivity (Wildman–Crippen MR) is 135 cm³/mol. The van der Waals surface area contributed by atoms with Crippen LogP contribution in [0.1, 0.15) is 38.5 Å². The number of nitrogens with zero attached hydrogens (tertiary/aromatic N) is 2. The summed E-state index contributed by atoms with van der Waals surface area (Å²) in [6.45, 7) is -0.611. The smallest absolute Gasteiger partial charge is 0.328 e. The predicted octanol–water partition coefficient (Wildman–Crippen LogP) is -5.18. The lowest BCUT2D eigenvalue weighted by atomic mass is 10.1. The van der Waals surface area contributed by atoms with E-state index in [1.165, 1.54) is 0 Å². The van der Waals surface area contributed by atoms with Crippen LogP contribution in [0.4, 0.5) is 0 Å². The first-order chi connectivity index (χ1) is 17.8. The largest absolute Gasteiger partial charge is 0.481 e. The number of amides is 3. The maximum atomic E-state index is 13.0. The van der Waals surface area contributed by atoms with E-state index in [9.17, 15) is 29.1 Å². The van der Waals surface area contributed by atoms with E-state index >= 15 is 0 Å². The highest BCUT2D eigenvalue weighted by Gasteiger charge is 2.30. The molecule has 0 aromatic rings. The van der Waals surface area contributed by atoms with Gasteiger partial charge in [-0.25, -0.2) is 4.79 Å². The second kappa shape index (κ2) is 18.1. The van der Waals surface area contributed by atoms with Gasteiger partial charge in [-0.05, 0) is 32.1 Å². The van der Waals surface area contributed by atoms with E-state index in [1.54, 1.807) is 0 Å². The number of guanidine groups is 2. The minimum atomic E-state index is -1.64. The Hall–Kier alpha value is -4.19. The van der Waals surface area contributed by atoms with Crippen LogP contribution in [0, 0.1) is 0 Å². The molecule has 0 aliphatic rings. The third kappa shape index (κ3) is 15.0. The molecular formula is C20H38N10O8. The van der Waals surface area contributed by atoms with Crippen molar-refractivity contribution in [3.8, 4) is 0 Å². The summed E-state index contributed by atoms with van der Waals surface area (Å²) in [6, 6.07) is -5.42. The minimum absolute atomic E-state index is 0.0595.